The molecule has 27 heteroatoms. The number of nitrogens with zero attached hydrogens (tertiary/aromatic N) is 1. The highest BCUT2D eigenvalue weighted by Gasteiger charge is 2.47. The zero-order valence-electron chi connectivity index (χ0n) is 39.6. The van der Waals surface area contributed by atoms with E-state index in [-0.39, 0.29) is 0 Å². The van der Waals surface area contributed by atoms with Gasteiger partial charge in [0.1, 0.15) is 10.8 Å². The van der Waals surface area contributed by atoms with Gasteiger partial charge < -0.3 is 0 Å². The highest BCUT2D eigenvalue weighted by atomic mass is 32.1. The summed E-state index contributed by atoms with van der Waals surface area (Å²) in [7, 11) is 0. The van der Waals surface area contributed by atoms with Gasteiger partial charge in [0.2, 0.25) is 5.52 Å². The molecule has 1 heterocycles. The number of aryl methyl sites for hydroxylation is 1. The molecule has 0 aliphatic carbocycles. The monoisotopic (exact) mass is 1180 g/mol. The Bertz CT molecular complexity index is 3090. The quantitative estimate of drug-likeness (QED) is 0.0851. The minimum Gasteiger partial charge on any atom is -0.194 e. The van der Waals surface area contributed by atoms with Crippen LogP contribution < -0.4 is 26.4 Å². The molecule has 0 radical (unpaired) electrons. The van der Waals surface area contributed by atoms with Crippen molar-refractivity contribution in [1.82, 2.24) is 0 Å². The standard InChI is InChI=1S/C32H12BF24.C21H18NS/c34-25(35,36)13-1-14(26(37,38)39)6-21(5-13)33(22-7-15(27(40,41)42)2-16(8-22)28(43,44)45,23-9-17(29(46,47)48)3-18(10-23)30(49,50)51)24-11-19(31(52,53)54)4-20(12-24)32(55,56)57;1-16-11-13-18(14-12-16)21-22(15-17-7-3-2-4-8-17)19-9-5-6-10-20(19)23-21/h1-12H;2-14H,15H2,1H3/q-1;+1. The van der Waals surface area contributed by atoms with Crippen molar-refractivity contribution in [3.63, 3.8) is 0 Å². The number of halogens is 24. The smallest absolute Gasteiger partial charge is 0.194 e. The summed E-state index contributed by atoms with van der Waals surface area (Å²) < 4.78 is 345. The summed E-state index contributed by atoms with van der Waals surface area (Å²) in [5, 5.41) is 1.31. The van der Waals surface area contributed by atoms with Crippen molar-refractivity contribution >= 4 is 49.6 Å². The molecule has 0 aliphatic rings. The van der Waals surface area contributed by atoms with E-state index in [2.05, 4.69) is 90.4 Å². The summed E-state index contributed by atoms with van der Waals surface area (Å²) in [5.41, 5.74) is -25.0. The van der Waals surface area contributed by atoms with E-state index in [9.17, 15) is 105 Å². The predicted molar refractivity (Wildman–Crippen MR) is 248 cm³/mol. The molecule has 0 bridgehead atoms. The number of thiazole rings is 1. The molecular weight excluding hydrogens is 1150 g/mol. The van der Waals surface area contributed by atoms with Crippen LogP contribution >= 0.6 is 11.3 Å². The number of hydrogen-bond donors (Lipinski definition) is 0. The Labute approximate surface area is 439 Å². The molecule has 424 valence electrons. The van der Waals surface area contributed by atoms with E-state index in [1.807, 2.05) is 11.3 Å². The molecule has 0 unspecified atom stereocenters. The van der Waals surface area contributed by atoms with Gasteiger partial charge in [0, 0.05) is 11.6 Å². The largest absolute Gasteiger partial charge is 0.416 e. The van der Waals surface area contributed by atoms with E-state index in [1.165, 1.54) is 31.9 Å². The number of rotatable bonds is 7. The normalized spacial score (nSPS) is 13.4. The maximum atomic E-state index is 14.2. The third kappa shape index (κ3) is 13.2. The second kappa shape index (κ2) is 21.0. The molecular formula is C53H30BF24NS. The summed E-state index contributed by atoms with van der Waals surface area (Å²) >= 11 is 1.87. The van der Waals surface area contributed by atoms with Gasteiger partial charge in [0.05, 0.1) is 50.1 Å². The highest BCUT2D eigenvalue weighted by Crippen LogP contribution is 2.42. The van der Waals surface area contributed by atoms with Crippen molar-refractivity contribution in [2.24, 2.45) is 0 Å². The van der Waals surface area contributed by atoms with Crippen LogP contribution in [0.25, 0.3) is 20.8 Å². The number of alkyl halides is 24. The number of hydrogen-bond acceptors (Lipinski definition) is 1. The number of fused-ring (bicyclic) bond motifs is 1. The van der Waals surface area contributed by atoms with Crippen molar-refractivity contribution in [3.05, 3.63) is 207 Å². The Kier molecular flexibility index (Phi) is 15.9. The topological polar surface area (TPSA) is 3.88 Å². The zero-order chi connectivity index (χ0) is 59.6. The van der Waals surface area contributed by atoms with E-state index in [0.717, 1.165) is 6.54 Å². The number of benzene rings is 7. The summed E-state index contributed by atoms with van der Waals surface area (Å²) in [6.45, 7) is 3.03. The van der Waals surface area contributed by atoms with Crippen LogP contribution in [-0.4, -0.2) is 6.15 Å². The van der Waals surface area contributed by atoms with Gasteiger partial charge in [0.25, 0.3) is 5.01 Å². The average Bonchev–Trinajstić information content (AvgIpc) is 3.82. The third-order valence-corrected chi connectivity index (χ3v) is 13.7. The van der Waals surface area contributed by atoms with Crippen LogP contribution in [0, 0.1) is 6.92 Å². The Morgan fingerprint density at radius 2 is 0.613 bits per heavy atom. The fourth-order valence-electron chi connectivity index (χ4n) is 8.94. The summed E-state index contributed by atoms with van der Waals surface area (Å²) in [6, 6.07) is 19.3. The van der Waals surface area contributed by atoms with Crippen LogP contribution in [0.1, 0.15) is 55.6 Å². The molecule has 7 aromatic carbocycles. The molecule has 0 saturated carbocycles. The Morgan fingerprint density at radius 3 is 0.900 bits per heavy atom. The molecule has 0 saturated heterocycles. The summed E-state index contributed by atoms with van der Waals surface area (Å²) in [4.78, 5) is 0. The van der Waals surface area contributed by atoms with Crippen LogP contribution in [0.5, 0.6) is 0 Å². The molecule has 80 heavy (non-hydrogen) atoms. The second-order valence-corrected chi connectivity index (χ2v) is 19.1. The Hall–Kier alpha value is -7.19. The lowest BCUT2D eigenvalue weighted by atomic mass is 9.12. The number of aromatic nitrogens is 1. The lowest BCUT2D eigenvalue weighted by molar-refractivity contribution is -0.647. The minimum absolute atomic E-state index is 0.691. The van der Waals surface area contributed by atoms with Crippen molar-refractivity contribution in [3.8, 4) is 10.6 Å². The van der Waals surface area contributed by atoms with Gasteiger partial charge in [-0.2, -0.15) is 132 Å². The molecule has 0 spiro atoms. The van der Waals surface area contributed by atoms with Gasteiger partial charge in [-0.3, -0.25) is 0 Å². The van der Waals surface area contributed by atoms with Crippen molar-refractivity contribution in [2.45, 2.75) is 62.9 Å². The van der Waals surface area contributed by atoms with Crippen LogP contribution in [0.3, 0.4) is 0 Å². The fraction of sp³-hybridized carbons (Fsp3) is 0.189. The van der Waals surface area contributed by atoms with Crippen LogP contribution in [0.15, 0.2) is 152 Å². The first-order valence-corrected chi connectivity index (χ1v) is 23.3. The minimum atomic E-state index is -6.13. The van der Waals surface area contributed by atoms with Gasteiger partial charge in [-0.05, 0) is 49.4 Å². The van der Waals surface area contributed by atoms with E-state index >= 15 is 0 Å². The van der Waals surface area contributed by atoms with Gasteiger partial charge >= 0.3 is 49.4 Å². The maximum Gasteiger partial charge on any atom is 0.416 e. The first kappa shape index (κ1) is 60.5. The molecule has 0 fully saturated rings. The molecule has 0 atom stereocenters. The first-order valence-electron chi connectivity index (χ1n) is 22.5. The van der Waals surface area contributed by atoms with Crippen molar-refractivity contribution in [2.75, 3.05) is 0 Å². The molecule has 8 rings (SSSR count). The number of para-hydroxylation sites is 1. The van der Waals surface area contributed by atoms with E-state index in [0.29, 0.717) is 0 Å². The third-order valence-electron chi connectivity index (χ3n) is 12.5. The van der Waals surface area contributed by atoms with Gasteiger partial charge in [0.15, 0.2) is 6.54 Å². The Morgan fingerprint density at radius 1 is 0.338 bits per heavy atom. The first-order chi connectivity index (χ1) is 36.6. The Balaban J connectivity index is 0.000000329. The van der Waals surface area contributed by atoms with Gasteiger partial charge in [-0.15, -0.1) is 0 Å². The highest BCUT2D eigenvalue weighted by molar-refractivity contribution is 7.21. The van der Waals surface area contributed by atoms with Crippen LogP contribution in [0.4, 0.5) is 105 Å². The average molecular weight is 1180 g/mol. The summed E-state index contributed by atoms with van der Waals surface area (Å²) in [6.07, 6.45) is -54.8. The lowest BCUT2D eigenvalue weighted by Gasteiger charge is -2.46. The maximum absolute atomic E-state index is 14.2. The van der Waals surface area contributed by atoms with Crippen LogP contribution in [0.2, 0.25) is 0 Å². The molecule has 1 aromatic heterocycles. The molecule has 0 N–H and O–H groups in total. The SMILES string of the molecule is Cc1ccc(-c2sc3ccccc3[n+]2Cc2ccccc2)cc1.FC(F)(F)c1cc([B-](c2cc(C(F)(F)F)cc(C(F)(F)F)c2)(c2cc(C(F)(F)F)cc(C(F)(F)F)c2)c2cc(C(F)(F)F)cc(C(F)(F)F)c2)cc(C(F)(F)F)c1. The van der Waals surface area contributed by atoms with Crippen molar-refractivity contribution < 1.29 is 110 Å². The zero-order valence-corrected chi connectivity index (χ0v) is 40.5. The second-order valence-electron chi connectivity index (χ2n) is 18.0. The fourth-order valence-corrected chi connectivity index (χ4v) is 10.1. The summed E-state index contributed by atoms with van der Waals surface area (Å²) in [5.74, 6) is 0. The van der Waals surface area contributed by atoms with Gasteiger partial charge in [-0.1, -0.05) is 120 Å². The van der Waals surface area contributed by atoms with E-state index < -0.39 is 195 Å². The van der Waals surface area contributed by atoms with E-state index in [1.54, 1.807) is 0 Å². The molecule has 1 nitrogen and oxygen atoms in total. The molecule has 0 amide bonds. The molecule has 8 aromatic rings. The molecule has 0 aliphatic heterocycles. The predicted octanol–water partition coefficient (Wildman–Crippen LogP) is 16.4. The lowest BCUT2D eigenvalue weighted by Crippen LogP contribution is -2.75. The van der Waals surface area contributed by atoms with Gasteiger partial charge in [-0.25, -0.2) is 0 Å². The van der Waals surface area contributed by atoms with Crippen LogP contribution in [-0.2, 0) is 56.0 Å². The van der Waals surface area contributed by atoms with Crippen molar-refractivity contribution in [1.29, 1.82) is 0 Å². The van der Waals surface area contributed by atoms with E-state index in [4.69, 9.17) is 0 Å².